The standard InChI is InChI=1S/C15H14BrFN4O/c1-8-19-13-14(22-8)9-6-10(16)11(17)7-12(9)20-15(13)21-4-2-18-3-5-21/h6-7,18H,2-5H2,1H3. The number of nitrogens with zero attached hydrogens (tertiary/aromatic N) is 3. The molecule has 1 fully saturated rings. The number of pyridine rings is 1. The van der Waals surface area contributed by atoms with Crippen LogP contribution in [0.1, 0.15) is 5.89 Å². The molecule has 0 atom stereocenters. The molecule has 5 nitrogen and oxygen atoms in total. The molecule has 7 heteroatoms. The van der Waals surface area contributed by atoms with Gasteiger partial charge in [0.25, 0.3) is 0 Å². The molecule has 1 aliphatic rings. The van der Waals surface area contributed by atoms with Crippen LogP contribution in [0, 0.1) is 12.7 Å². The van der Waals surface area contributed by atoms with E-state index in [9.17, 15) is 4.39 Å². The summed E-state index contributed by atoms with van der Waals surface area (Å²) in [5, 5.41) is 4.08. The molecule has 1 N–H and O–H groups in total. The highest BCUT2D eigenvalue weighted by Gasteiger charge is 2.21. The second-order valence-corrected chi connectivity index (χ2v) is 6.22. The summed E-state index contributed by atoms with van der Waals surface area (Å²) in [5.41, 5.74) is 1.99. The molecule has 0 spiro atoms. The van der Waals surface area contributed by atoms with Gasteiger partial charge in [0.2, 0.25) is 0 Å². The number of rotatable bonds is 1. The highest BCUT2D eigenvalue weighted by molar-refractivity contribution is 9.10. The van der Waals surface area contributed by atoms with Crippen LogP contribution >= 0.6 is 15.9 Å². The molecule has 4 rings (SSSR count). The van der Waals surface area contributed by atoms with Crippen molar-refractivity contribution in [3.8, 4) is 0 Å². The molecule has 114 valence electrons. The molecule has 1 aliphatic heterocycles. The van der Waals surface area contributed by atoms with Crippen LogP contribution in [0.25, 0.3) is 22.0 Å². The Kier molecular flexibility index (Phi) is 3.27. The van der Waals surface area contributed by atoms with E-state index in [1.807, 2.05) is 6.92 Å². The lowest BCUT2D eigenvalue weighted by molar-refractivity contribution is 0.563. The van der Waals surface area contributed by atoms with Gasteiger partial charge >= 0.3 is 0 Å². The Bertz CT molecular complexity index is 873. The maximum atomic E-state index is 13.9. The first kappa shape index (κ1) is 13.9. The second-order valence-electron chi connectivity index (χ2n) is 5.37. The Morgan fingerprint density at radius 1 is 1.27 bits per heavy atom. The second kappa shape index (κ2) is 5.17. The van der Waals surface area contributed by atoms with Crippen molar-refractivity contribution in [2.45, 2.75) is 6.92 Å². The lowest BCUT2D eigenvalue weighted by Crippen LogP contribution is -2.44. The number of oxazole rings is 1. The Balaban J connectivity index is 2.03. The first-order valence-electron chi connectivity index (χ1n) is 7.15. The summed E-state index contributed by atoms with van der Waals surface area (Å²) >= 11 is 3.22. The highest BCUT2D eigenvalue weighted by atomic mass is 79.9. The Morgan fingerprint density at radius 3 is 2.82 bits per heavy atom. The summed E-state index contributed by atoms with van der Waals surface area (Å²) < 4.78 is 20.0. The third-order valence-corrected chi connectivity index (χ3v) is 4.48. The van der Waals surface area contributed by atoms with Crippen molar-refractivity contribution in [1.82, 2.24) is 15.3 Å². The molecule has 22 heavy (non-hydrogen) atoms. The predicted molar refractivity (Wildman–Crippen MR) is 86.8 cm³/mol. The molecule has 0 aliphatic carbocycles. The van der Waals surface area contributed by atoms with Crippen molar-refractivity contribution in [1.29, 1.82) is 0 Å². The predicted octanol–water partition coefficient (Wildman–Crippen LogP) is 3.00. The van der Waals surface area contributed by atoms with Crippen LogP contribution in [0.4, 0.5) is 10.2 Å². The summed E-state index contributed by atoms with van der Waals surface area (Å²) in [6, 6.07) is 3.13. The van der Waals surface area contributed by atoms with Gasteiger partial charge < -0.3 is 14.6 Å². The van der Waals surface area contributed by atoms with E-state index in [2.05, 4.69) is 36.1 Å². The van der Waals surface area contributed by atoms with Crippen molar-refractivity contribution in [3.63, 3.8) is 0 Å². The summed E-state index contributed by atoms with van der Waals surface area (Å²) in [5.74, 6) is 1.02. The molecule has 3 aromatic rings. The molecule has 0 amide bonds. The monoisotopic (exact) mass is 364 g/mol. The third kappa shape index (κ3) is 2.16. The smallest absolute Gasteiger partial charge is 0.192 e. The van der Waals surface area contributed by atoms with Gasteiger partial charge in [-0.15, -0.1) is 0 Å². The Morgan fingerprint density at radius 2 is 2.05 bits per heavy atom. The number of piperazine rings is 1. The lowest BCUT2D eigenvalue weighted by atomic mass is 10.2. The number of nitrogens with one attached hydrogen (secondary N) is 1. The van der Waals surface area contributed by atoms with Crippen molar-refractivity contribution < 1.29 is 8.81 Å². The van der Waals surface area contributed by atoms with Gasteiger partial charge in [-0.2, -0.15) is 0 Å². The zero-order chi connectivity index (χ0) is 15.3. The van der Waals surface area contributed by atoms with E-state index in [4.69, 9.17) is 4.42 Å². The summed E-state index contributed by atoms with van der Waals surface area (Å²) in [6.07, 6.45) is 0. The van der Waals surface area contributed by atoms with Crippen molar-refractivity contribution in [2.75, 3.05) is 31.1 Å². The topological polar surface area (TPSA) is 54.2 Å². The molecular weight excluding hydrogens is 351 g/mol. The van der Waals surface area contributed by atoms with E-state index in [1.165, 1.54) is 6.07 Å². The fraction of sp³-hybridized carbons (Fsp3) is 0.333. The molecule has 0 unspecified atom stereocenters. The number of aryl methyl sites for hydroxylation is 1. The van der Waals surface area contributed by atoms with Gasteiger partial charge in [-0.05, 0) is 22.0 Å². The minimum absolute atomic E-state index is 0.332. The van der Waals surface area contributed by atoms with Gasteiger partial charge in [-0.3, -0.25) is 0 Å². The van der Waals surface area contributed by atoms with Gasteiger partial charge in [0, 0.05) is 44.6 Å². The van der Waals surface area contributed by atoms with Crippen LogP contribution in [0.3, 0.4) is 0 Å². The third-order valence-electron chi connectivity index (χ3n) is 3.87. The average molecular weight is 365 g/mol. The Hall–Kier alpha value is -1.73. The first-order chi connectivity index (χ1) is 10.6. The average Bonchev–Trinajstić information content (AvgIpc) is 2.91. The van der Waals surface area contributed by atoms with Crippen LogP contribution in [-0.2, 0) is 0 Å². The number of hydrogen-bond donors (Lipinski definition) is 1. The molecule has 2 aromatic heterocycles. The van der Waals surface area contributed by atoms with Gasteiger partial charge in [0.1, 0.15) is 5.82 Å². The molecule has 1 aromatic carbocycles. The zero-order valence-corrected chi connectivity index (χ0v) is 13.6. The quantitative estimate of drug-likeness (QED) is 0.719. The zero-order valence-electron chi connectivity index (χ0n) is 12.0. The molecule has 0 radical (unpaired) electrons. The fourth-order valence-electron chi connectivity index (χ4n) is 2.84. The van der Waals surface area contributed by atoms with Gasteiger partial charge in [-0.25, -0.2) is 14.4 Å². The van der Waals surface area contributed by atoms with Crippen LogP contribution in [0.2, 0.25) is 0 Å². The van der Waals surface area contributed by atoms with E-state index >= 15 is 0 Å². The number of hydrogen-bond acceptors (Lipinski definition) is 5. The maximum Gasteiger partial charge on any atom is 0.192 e. The minimum atomic E-state index is -0.332. The van der Waals surface area contributed by atoms with Crippen molar-refractivity contribution in [3.05, 3.63) is 28.3 Å². The number of benzene rings is 1. The van der Waals surface area contributed by atoms with Crippen LogP contribution in [-0.4, -0.2) is 36.1 Å². The first-order valence-corrected chi connectivity index (χ1v) is 7.94. The molecule has 0 bridgehead atoms. The van der Waals surface area contributed by atoms with E-state index in [-0.39, 0.29) is 5.82 Å². The number of fused-ring (bicyclic) bond motifs is 3. The van der Waals surface area contributed by atoms with Crippen molar-refractivity contribution in [2.24, 2.45) is 0 Å². The summed E-state index contributed by atoms with van der Waals surface area (Å²) in [4.78, 5) is 11.3. The lowest BCUT2D eigenvalue weighted by Gasteiger charge is -2.28. The molecule has 1 saturated heterocycles. The SMILES string of the molecule is Cc1nc2c(N3CCNCC3)nc3cc(F)c(Br)cc3c2o1. The van der Waals surface area contributed by atoms with E-state index in [0.717, 1.165) is 42.9 Å². The van der Waals surface area contributed by atoms with E-state index in [1.54, 1.807) is 6.07 Å². The number of anilines is 1. The Labute approximate surface area is 134 Å². The largest absolute Gasteiger partial charge is 0.440 e. The summed E-state index contributed by atoms with van der Waals surface area (Å²) in [6.45, 7) is 5.29. The van der Waals surface area contributed by atoms with E-state index < -0.39 is 0 Å². The molecule has 3 heterocycles. The van der Waals surface area contributed by atoms with Gasteiger partial charge in [-0.1, -0.05) is 0 Å². The van der Waals surface area contributed by atoms with Crippen LogP contribution in [0.15, 0.2) is 21.0 Å². The summed E-state index contributed by atoms with van der Waals surface area (Å²) in [7, 11) is 0. The van der Waals surface area contributed by atoms with Crippen LogP contribution < -0.4 is 10.2 Å². The van der Waals surface area contributed by atoms with E-state index in [0.29, 0.717) is 21.5 Å². The number of halogens is 2. The normalized spacial score (nSPS) is 15.9. The minimum Gasteiger partial charge on any atom is -0.440 e. The molecule has 0 saturated carbocycles. The van der Waals surface area contributed by atoms with Gasteiger partial charge in [0.15, 0.2) is 22.8 Å². The van der Waals surface area contributed by atoms with Gasteiger partial charge in [0.05, 0.1) is 9.99 Å². The maximum absolute atomic E-state index is 13.9. The molecular formula is C15H14BrFN4O. The number of aromatic nitrogens is 2. The fourth-order valence-corrected chi connectivity index (χ4v) is 3.18. The highest BCUT2D eigenvalue weighted by Crippen LogP contribution is 2.34. The van der Waals surface area contributed by atoms with Crippen LogP contribution in [0.5, 0.6) is 0 Å². The van der Waals surface area contributed by atoms with Crippen molar-refractivity contribution >= 4 is 43.8 Å².